The van der Waals surface area contributed by atoms with E-state index in [1.165, 1.54) is 26.5 Å². The van der Waals surface area contributed by atoms with Crippen molar-refractivity contribution < 1.29 is 27.4 Å². The van der Waals surface area contributed by atoms with Gasteiger partial charge in [-0.3, -0.25) is 4.57 Å². The quantitative estimate of drug-likeness (QED) is 0.297. The summed E-state index contributed by atoms with van der Waals surface area (Å²) in [5.41, 5.74) is 1.06. The highest BCUT2D eigenvalue weighted by Gasteiger charge is 2.37. The van der Waals surface area contributed by atoms with Crippen LogP contribution in [0.2, 0.25) is 5.15 Å². The molecule has 0 radical (unpaired) electrons. The molecule has 14 heteroatoms. The van der Waals surface area contributed by atoms with E-state index < -0.39 is 26.9 Å². The zero-order valence-electron chi connectivity index (χ0n) is 22.5. The van der Waals surface area contributed by atoms with Crippen molar-refractivity contribution in [3.05, 3.63) is 64.9 Å². The fourth-order valence-electron chi connectivity index (χ4n) is 4.90. The molecule has 0 bridgehead atoms. The number of sulfone groups is 1. The Bertz CT molecular complexity index is 1710. The summed E-state index contributed by atoms with van der Waals surface area (Å²) in [6.07, 6.45) is 0.549. The van der Waals surface area contributed by atoms with Crippen LogP contribution in [0.15, 0.2) is 47.0 Å². The number of benzene rings is 1. The number of pyridine rings is 1. The van der Waals surface area contributed by atoms with Gasteiger partial charge in [0.1, 0.15) is 39.9 Å². The van der Waals surface area contributed by atoms with Gasteiger partial charge in [-0.2, -0.15) is 5.26 Å². The molecule has 1 saturated heterocycles. The standard InChI is InChI=1S/C27H27ClN6O6S/c1-16-7-8-23(40-16)27-32-31-24(34(27)25-21(38-2)5-4-6-22(25)39-3)15-41(36,37)20-10-19(35)13-33(14-20)18-9-17(11-29)26(28)30-12-18/h4-9,12,19-20,35H,10,13-15H2,1-3H3/t19-,20+/m0/s1. The average Bonchev–Trinajstić information content (AvgIpc) is 3.57. The van der Waals surface area contributed by atoms with E-state index in [1.807, 2.05) is 6.07 Å². The summed E-state index contributed by atoms with van der Waals surface area (Å²) in [5.74, 6) is 1.74. The second kappa shape index (κ2) is 11.4. The van der Waals surface area contributed by atoms with Gasteiger partial charge < -0.3 is 23.9 Å². The fraction of sp³-hybridized carbons (Fsp3) is 0.333. The van der Waals surface area contributed by atoms with Crippen molar-refractivity contribution in [1.29, 1.82) is 5.26 Å². The van der Waals surface area contributed by atoms with Crippen molar-refractivity contribution in [2.45, 2.75) is 30.5 Å². The van der Waals surface area contributed by atoms with Crippen LogP contribution in [0.25, 0.3) is 17.3 Å². The largest absolute Gasteiger partial charge is 0.494 e. The number of hydrogen-bond donors (Lipinski definition) is 1. The number of aliphatic hydroxyl groups is 1. The summed E-state index contributed by atoms with van der Waals surface area (Å²) in [4.78, 5) is 5.72. The van der Waals surface area contributed by atoms with Crippen molar-refractivity contribution in [1.82, 2.24) is 19.7 Å². The second-order valence-corrected chi connectivity index (χ2v) is 12.2. The highest BCUT2D eigenvalue weighted by molar-refractivity contribution is 7.91. The molecule has 0 unspecified atom stereocenters. The maximum Gasteiger partial charge on any atom is 0.204 e. The molecule has 0 spiro atoms. The van der Waals surface area contributed by atoms with E-state index >= 15 is 0 Å². The summed E-state index contributed by atoms with van der Waals surface area (Å²) < 4.78 is 46.4. The molecule has 1 aromatic carbocycles. The number of anilines is 1. The molecule has 1 aliphatic rings. The van der Waals surface area contributed by atoms with Gasteiger partial charge in [-0.15, -0.1) is 10.2 Å². The Labute approximate surface area is 241 Å². The van der Waals surface area contributed by atoms with Crippen LogP contribution < -0.4 is 14.4 Å². The minimum Gasteiger partial charge on any atom is -0.494 e. The van der Waals surface area contributed by atoms with E-state index in [0.717, 1.165) is 0 Å². The molecule has 0 amide bonds. The molecule has 214 valence electrons. The predicted octanol–water partition coefficient (Wildman–Crippen LogP) is 3.33. The van der Waals surface area contributed by atoms with Gasteiger partial charge in [-0.1, -0.05) is 17.7 Å². The van der Waals surface area contributed by atoms with Crippen molar-refractivity contribution >= 4 is 27.1 Å². The van der Waals surface area contributed by atoms with Crippen LogP contribution in [0.5, 0.6) is 11.5 Å². The minimum absolute atomic E-state index is 0.0291. The van der Waals surface area contributed by atoms with Crippen molar-refractivity contribution in [2.75, 3.05) is 32.2 Å². The Morgan fingerprint density at radius 1 is 1.17 bits per heavy atom. The van der Waals surface area contributed by atoms with Crippen LogP contribution in [0, 0.1) is 18.3 Å². The molecule has 5 rings (SSSR count). The van der Waals surface area contributed by atoms with E-state index in [-0.39, 0.29) is 41.9 Å². The minimum atomic E-state index is -3.92. The summed E-state index contributed by atoms with van der Waals surface area (Å²) in [5, 5.41) is 27.6. The number of para-hydroxylation sites is 1. The molecule has 0 aliphatic carbocycles. The molecule has 2 atom stereocenters. The van der Waals surface area contributed by atoms with Gasteiger partial charge in [-0.05, 0) is 43.7 Å². The van der Waals surface area contributed by atoms with Crippen LogP contribution in [-0.4, -0.2) is 71.9 Å². The molecule has 12 nitrogen and oxygen atoms in total. The Hall–Kier alpha value is -4.12. The molecule has 1 aliphatic heterocycles. The summed E-state index contributed by atoms with van der Waals surface area (Å²) >= 11 is 5.97. The topological polar surface area (TPSA) is 157 Å². The van der Waals surface area contributed by atoms with Crippen LogP contribution in [-0.2, 0) is 15.6 Å². The van der Waals surface area contributed by atoms with Gasteiger partial charge in [0.2, 0.25) is 5.82 Å². The molecule has 1 N–H and O–H groups in total. The molecule has 41 heavy (non-hydrogen) atoms. The second-order valence-electron chi connectivity index (χ2n) is 9.56. The Balaban J connectivity index is 1.55. The molecule has 1 fully saturated rings. The number of nitriles is 1. The molecule has 3 aromatic heterocycles. The van der Waals surface area contributed by atoms with Gasteiger partial charge >= 0.3 is 0 Å². The number of piperidine rings is 1. The fourth-order valence-corrected chi connectivity index (χ4v) is 6.75. The third-order valence-electron chi connectivity index (χ3n) is 6.85. The maximum absolute atomic E-state index is 13.9. The number of furan rings is 1. The highest BCUT2D eigenvalue weighted by atomic mass is 35.5. The zero-order chi connectivity index (χ0) is 29.3. The lowest BCUT2D eigenvalue weighted by Gasteiger charge is -2.36. The number of rotatable bonds is 8. The lowest BCUT2D eigenvalue weighted by atomic mass is 10.1. The number of aryl methyl sites for hydroxylation is 1. The predicted molar refractivity (Wildman–Crippen MR) is 150 cm³/mol. The molecule has 4 aromatic rings. The van der Waals surface area contributed by atoms with Crippen LogP contribution in [0.1, 0.15) is 23.6 Å². The van der Waals surface area contributed by atoms with E-state index in [1.54, 1.807) is 46.7 Å². The maximum atomic E-state index is 13.9. The number of nitrogens with zero attached hydrogens (tertiary/aromatic N) is 6. The van der Waals surface area contributed by atoms with E-state index in [4.69, 9.17) is 25.5 Å². The number of aromatic nitrogens is 4. The van der Waals surface area contributed by atoms with Crippen molar-refractivity contribution in [3.8, 4) is 34.8 Å². The first-order valence-corrected chi connectivity index (χ1v) is 14.7. The number of aliphatic hydroxyl groups excluding tert-OH is 1. The molecular weight excluding hydrogens is 572 g/mol. The molecular formula is C27H27ClN6O6S. The van der Waals surface area contributed by atoms with E-state index in [9.17, 15) is 18.8 Å². The Morgan fingerprint density at radius 2 is 1.90 bits per heavy atom. The van der Waals surface area contributed by atoms with E-state index in [0.29, 0.717) is 34.4 Å². The molecule has 0 saturated carbocycles. The van der Waals surface area contributed by atoms with Crippen LogP contribution in [0.3, 0.4) is 0 Å². The summed E-state index contributed by atoms with van der Waals surface area (Å²) in [7, 11) is -0.922. The first-order chi connectivity index (χ1) is 19.6. The number of ether oxygens (including phenoxy) is 2. The van der Waals surface area contributed by atoms with Gasteiger partial charge in [0, 0.05) is 13.1 Å². The van der Waals surface area contributed by atoms with Gasteiger partial charge in [0.25, 0.3) is 0 Å². The lowest BCUT2D eigenvalue weighted by molar-refractivity contribution is 0.155. The van der Waals surface area contributed by atoms with Crippen molar-refractivity contribution in [3.63, 3.8) is 0 Å². The number of halogens is 1. The van der Waals surface area contributed by atoms with Gasteiger partial charge in [0.05, 0.1) is 43.0 Å². The first-order valence-electron chi connectivity index (χ1n) is 12.6. The van der Waals surface area contributed by atoms with Crippen LogP contribution in [0.4, 0.5) is 5.69 Å². The third-order valence-corrected chi connectivity index (χ3v) is 9.17. The summed E-state index contributed by atoms with van der Waals surface area (Å²) in [6, 6.07) is 12.2. The SMILES string of the molecule is COc1cccc(OC)c1-n1c(CS(=O)(=O)[C@@H]2C[C@H](O)CN(c3cnc(Cl)c(C#N)c3)C2)nnc1-c1ccc(C)o1. The Morgan fingerprint density at radius 3 is 2.54 bits per heavy atom. The monoisotopic (exact) mass is 598 g/mol. The third kappa shape index (κ3) is 5.58. The highest BCUT2D eigenvalue weighted by Crippen LogP contribution is 2.37. The van der Waals surface area contributed by atoms with E-state index in [2.05, 4.69) is 15.2 Å². The zero-order valence-corrected chi connectivity index (χ0v) is 24.1. The number of β-amino-alcohol motifs (C(OH)–C–C–N with tert-alkyl or cyclic N) is 1. The average molecular weight is 599 g/mol. The number of methoxy groups -OCH3 is 2. The number of hydrogen-bond acceptors (Lipinski definition) is 11. The van der Waals surface area contributed by atoms with Gasteiger partial charge in [0.15, 0.2) is 21.4 Å². The Kier molecular flexibility index (Phi) is 7.90. The summed E-state index contributed by atoms with van der Waals surface area (Å²) in [6.45, 7) is 2.04. The lowest BCUT2D eigenvalue weighted by Crippen LogP contribution is -2.49. The van der Waals surface area contributed by atoms with Crippen LogP contribution >= 0.6 is 11.6 Å². The first kappa shape index (κ1) is 28.4. The normalized spacial score (nSPS) is 17.3. The van der Waals surface area contributed by atoms with Crippen molar-refractivity contribution in [2.24, 2.45) is 0 Å². The molecule has 4 heterocycles. The van der Waals surface area contributed by atoms with Gasteiger partial charge in [-0.25, -0.2) is 13.4 Å². The smallest absolute Gasteiger partial charge is 0.204 e.